The summed E-state index contributed by atoms with van der Waals surface area (Å²) in [6.45, 7) is 2.09. The van der Waals surface area contributed by atoms with Crippen LogP contribution < -0.4 is 5.73 Å². The van der Waals surface area contributed by atoms with Gasteiger partial charge in [0.15, 0.2) is 0 Å². The molecular weight excluding hydrogens is 222 g/mol. The summed E-state index contributed by atoms with van der Waals surface area (Å²) >= 11 is 0. The van der Waals surface area contributed by atoms with Gasteiger partial charge in [-0.1, -0.05) is 19.8 Å². The second-order valence-corrected chi connectivity index (χ2v) is 8.15. The van der Waals surface area contributed by atoms with E-state index in [0.717, 1.165) is 31.7 Å². The minimum Gasteiger partial charge on any atom is -0.396 e. The highest BCUT2D eigenvalue weighted by Crippen LogP contribution is 2.42. The summed E-state index contributed by atoms with van der Waals surface area (Å²) in [7, 11) is 2.86. The van der Waals surface area contributed by atoms with Crippen molar-refractivity contribution in [3.63, 3.8) is 0 Å². The summed E-state index contributed by atoms with van der Waals surface area (Å²) in [6, 6.07) is 0.964. The zero-order chi connectivity index (χ0) is 12.2. The van der Waals surface area contributed by atoms with E-state index in [2.05, 4.69) is 6.92 Å². The first kappa shape index (κ1) is 14.1. The Morgan fingerprint density at radius 1 is 1.25 bits per heavy atom. The van der Waals surface area contributed by atoms with Crippen molar-refractivity contribution in [2.24, 2.45) is 5.73 Å². The molecule has 0 aliphatic carbocycles. The number of nitrogens with two attached hydrogens (primary N) is 1. The molecule has 2 unspecified atom stereocenters. The molecule has 1 fully saturated rings. The van der Waals surface area contributed by atoms with Crippen LogP contribution >= 0.6 is 0 Å². The average molecular weight is 247 g/mol. The Hall–Kier alpha value is 0.0569. The van der Waals surface area contributed by atoms with Gasteiger partial charge in [-0.25, -0.2) is 0 Å². The molecular formula is C11H25NO3Si. The number of hydrogen-bond donors (Lipinski definition) is 1. The Bertz CT molecular complexity index is 223. The summed E-state index contributed by atoms with van der Waals surface area (Å²) in [5, 5.41) is -0.385. The van der Waals surface area contributed by atoms with Crippen molar-refractivity contribution in [2.75, 3.05) is 21.3 Å². The van der Waals surface area contributed by atoms with Crippen LogP contribution in [0.3, 0.4) is 0 Å². The highest BCUT2D eigenvalue weighted by Gasteiger charge is 2.61. The Kier molecular flexibility index (Phi) is 4.94. The highest BCUT2D eigenvalue weighted by atomic mass is 28.4. The van der Waals surface area contributed by atoms with Crippen molar-refractivity contribution < 1.29 is 13.6 Å². The van der Waals surface area contributed by atoms with Crippen molar-refractivity contribution in [1.82, 2.24) is 0 Å². The molecule has 0 spiro atoms. The zero-order valence-electron chi connectivity index (χ0n) is 10.9. The fourth-order valence-electron chi connectivity index (χ4n) is 2.99. The van der Waals surface area contributed by atoms with Gasteiger partial charge in [-0.2, -0.15) is 0 Å². The van der Waals surface area contributed by atoms with Gasteiger partial charge in [-0.05, 0) is 18.9 Å². The molecule has 0 bridgehead atoms. The van der Waals surface area contributed by atoms with Crippen molar-refractivity contribution in [1.29, 1.82) is 0 Å². The van der Waals surface area contributed by atoms with Crippen molar-refractivity contribution in [2.45, 2.75) is 49.9 Å². The van der Waals surface area contributed by atoms with Gasteiger partial charge in [0.05, 0.1) is 0 Å². The van der Waals surface area contributed by atoms with Gasteiger partial charge < -0.3 is 19.3 Å². The normalized spacial score (nSPS) is 31.3. The van der Waals surface area contributed by atoms with Crippen molar-refractivity contribution >= 4 is 8.56 Å². The predicted molar refractivity (Wildman–Crippen MR) is 66.4 cm³/mol. The molecule has 1 saturated heterocycles. The first-order valence-corrected chi connectivity index (χ1v) is 8.06. The molecule has 0 aromatic rings. The molecule has 2 atom stereocenters. The Morgan fingerprint density at radius 2 is 1.88 bits per heavy atom. The second-order valence-electron chi connectivity index (χ2n) is 4.48. The Morgan fingerprint density at radius 3 is 2.31 bits per heavy atom. The van der Waals surface area contributed by atoms with Crippen molar-refractivity contribution in [3.8, 4) is 0 Å². The maximum absolute atomic E-state index is 6.27. The standard InChI is InChI=1S/C11H25NO3Si/c1-5-10(12)11(13-2)8-6-7-9-16(11,14-3)15-4/h10H,5-9,12H2,1-4H3. The number of rotatable bonds is 5. The zero-order valence-corrected chi connectivity index (χ0v) is 11.9. The predicted octanol–water partition coefficient (Wildman–Crippen LogP) is 1.57. The minimum absolute atomic E-state index is 0.00985. The number of methoxy groups -OCH3 is 1. The first-order chi connectivity index (χ1) is 7.62. The van der Waals surface area contributed by atoms with Gasteiger partial charge in [0.1, 0.15) is 5.22 Å². The Labute approximate surface area is 99.7 Å². The molecule has 0 aromatic heterocycles. The molecule has 1 aliphatic rings. The third-order valence-corrected chi connectivity index (χ3v) is 8.46. The number of ether oxygens (including phenoxy) is 1. The lowest BCUT2D eigenvalue weighted by atomic mass is 10.0. The van der Waals surface area contributed by atoms with E-state index in [1.807, 2.05) is 0 Å². The Balaban J connectivity index is 3.09. The quantitative estimate of drug-likeness (QED) is 0.749. The lowest BCUT2D eigenvalue weighted by Crippen LogP contribution is -2.71. The first-order valence-electron chi connectivity index (χ1n) is 6.03. The monoisotopic (exact) mass is 247 g/mol. The molecule has 1 rings (SSSR count). The van der Waals surface area contributed by atoms with Crippen LogP contribution in [0.25, 0.3) is 0 Å². The maximum atomic E-state index is 6.27. The third-order valence-electron chi connectivity index (χ3n) is 4.01. The van der Waals surface area contributed by atoms with Crippen molar-refractivity contribution in [3.05, 3.63) is 0 Å². The van der Waals surface area contributed by atoms with E-state index in [0.29, 0.717) is 0 Å². The van der Waals surface area contributed by atoms with E-state index < -0.39 is 8.56 Å². The van der Waals surface area contributed by atoms with E-state index in [9.17, 15) is 0 Å². The molecule has 2 N–H and O–H groups in total. The summed E-state index contributed by atoms with van der Waals surface area (Å²) in [5.41, 5.74) is 6.27. The smallest absolute Gasteiger partial charge is 0.372 e. The molecule has 1 heterocycles. The highest BCUT2D eigenvalue weighted by molar-refractivity contribution is 6.71. The molecule has 16 heavy (non-hydrogen) atoms. The lowest BCUT2D eigenvalue weighted by Gasteiger charge is -2.50. The molecule has 1 aliphatic heterocycles. The second kappa shape index (κ2) is 5.60. The van der Waals surface area contributed by atoms with Gasteiger partial charge >= 0.3 is 8.56 Å². The molecule has 0 aromatic carbocycles. The van der Waals surface area contributed by atoms with Gasteiger partial charge in [0.2, 0.25) is 0 Å². The minimum atomic E-state index is -2.34. The molecule has 96 valence electrons. The average Bonchev–Trinajstić information content (AvgIpc) is 2.37. The molecule has 0 amide bonds. The molecule has 0 radical (unpaired) electrons. The van der Waals surface area contributed by atoms with Crippen LogP contribution in [0.2, 0.25) is 6.04 Å². The van der Waals surface area contributed by atoms with E-state index in [1.165, 1.54) is 0 Å². The van der Waals surface area contributed by atoms with E-state index >= 15 is 0 Å². The van der Waals surface area contributed by atoms with E-state index in [-0.39, 0.29) is 11.3 Å². The fourth-order valence-corrected chi connectivity index (χ4v) is 7.03. The van der Waals surface area contributed by atoms with Gasteiger partial charge in [-0.15, -0.1) is 0 Å². The summed E-state index contributed by atoms with van der Waals surface area (Å²) in [6.07, 6.45) is 4.13. The lowest BCUT2D eigenvalue weighted by molar-refractivity contribution is -0.0269. The molecule has 4 nitrogen and oxygen atoms in total. The van der Waals surface area contributed by atoms with Gasteiger partial charge in [0.25, 0.3) is 0 Å². The molecule has 0 saturated carbocycles. The van der Waals surface area contributed by atoms with Gasteiger partial charge in [-0.3, -0.25) is 0 Å². The summed E-state index contributed by atoms with van der Waals surface area (Å²) in [5.74, 6) is 0. The SMILES string of the molecule is CCC(N)C1(OC)CCCC[Si]1(OC)OC. The van der Waals surface area contributed by atoms with Crippen LogP contribution in [0.1, 0.15) is 32.6 Å². The number of hydrogen-bond acceptors (Lipinski definition) is 4. The third kappa shape index (κ3) is 1.95. The molecule has 5 heteroatoms. The van der Waals surface area contributed by atoms with Crippen LogP contribution in [0, 0.1) is 0 Å². The van der Waals surface area contributed by atoms with Crippen LogP contribution in [-0.2, 0) is 13.6 Å². The topological polar surface area (TPSA) is 53.7 Å². The largest absolute Gasteiger partial charge is 0.396 e. The van der Waals surface area contributed by atoms with Crippen LogP contribution in [0.15, 0.2) is 0 Å². The van der Waals surface area contributed by atoms with Crippen LogP contribution in [0.5, 0.6) is 0 Å². The van der Waals surface area contributed by atoms with Gasteiger partial charge in [0, 0.05) is 27.4 Å². The van der Waals surface area contributed by atoms with E-state index in [1.54, 1.807) is 21.3 Å². The maximum Gasteiger partial charge on any atom is 0.372 e. The fraction of sp³-hybridized carbons (Fsp3) is 1.00. The summed E-state index contributed by atoms with van der Waals surface area (Å²) < 4.78 is 17.4. The summed E-state index contributed by atoms with van der Waals surface area (Å²) in [4.78, 5) is 0. The van der Waals surface area contributed by atoms with E-state index in [4.69, 9.17) is 19.3 Å². The van der Waals surface area contributed by atoms with Crippen LogP contribution in [0.4, 0.5) is 0 Å². The van der Waals surface area contributed by atoms with Crippen LogP contribution in [-0.4, -0.2) is 41.2 Å².